The minimum Gasteiger partial charge on any atom is -0.0656 e. The topological polar surface area (TPSA) is 0 Å². The van der Waals surface area contributed by atoms with Gasteiger partial charge in [-0.3, -0.25) is 0 Å². The summed E-state index contributed by atoms with van der Waals surface area (Å²) in [4.78, 5) is 0. The number of hydrogen-bond acceptors (Lipinski definition) is 0. The Hall–Kier alpha value is -0.780. The van der Waals surface area contributed by atoms with Crippen molar-refractivity contribution in [2.75, 3.05) is 0 Å². The van der Waals surface area contributed by atoms with Gasteiger partial charge < -0.3 is 0 Å². The van der Waals surface area contributed by atoms with E-state index in [4.69, 9.17) is 0 Å². The Morgan fingerprint density at radius 2 is 1.69 bits per heavy atom. The van der Waals surface area contributed by atoms with Crippen LogP contribution >= 0.6 is 0 Å². The molecule has 0 heteroatoms. The van der Waals surface area contributed by atoms with E-state index in [0.29, 0.717) is 0 Å². The largest absolute Gasteiger partial charge is 0.0656 e. The minimum atomic E-state index is 1.21. The molecule has 0 atom stereocenters. The van der Waals surface area contributed by atoms with Gasteiger partial charge in [-0.15, -0.1) is 0 Å². The molecule has 0 spiro atoms. The lowest BCUT2D eigenvalue weighted by Crippen LogP contribution is -1.82. The number of aryl methyl sites for hydroxylation is 2. The van der Waals surface area contributed by atoms with Gasteiger partial charge in [-0.1, -0.05) is 63.4 Å². The summed E-state index contributed by atoms with van der Waals surface area (Å²) in [6, 6.07) is 8.71. The van der Waals surface area contributed by atoms with Crippen molar-refractivity contribution in [3.63, 3.8) is 0 Å². The molecule has 0 radical (unpaired) electrons. The molecule has 0 bridgehead atoms. The van der Waals surface area contributed by atoms with Crippen LogP contribution in [0.25, 0.3) is 0 Å². The van der Waals surface area contributed by atoms with Crippen LogP contribution in [0, 0.1) is 6.92 Å². The molecule has 0 N–H and O–H groups in total. The van der Waals surface area contributed by atoms with Gasteiger partial charge in [0.25, 0.3) is 0 Å². The van der Waals surface area contributed by atoms with Gasteiger partial charge in [0, 0.05) is 0 Å². The third kappa shape index (κ3) is 6.39. The van der Waals surface area contributed by atoms with Gasteiger partial charge in [0.05, 0.1) is 0 Å². The maximum absolute atomic E-state index is 2.25. The second-order valence-corrected chi connectivity index (χ2v) is 3.45. The van der Waals surface area contributed by atoms with E-state index in [2.05, 4.69) is 52.0 Å². The Morgan fingerprint density at radius 1 is 1.08 bits per heavy atom. The van der Waals surface area contributed by atoms with Crippen molar-refractivity contribution in [2.24, 2.45) is 0 Å². The first-order valence-corrected chi connectivity index (χ1v) is 5.30. The summed E-state index contributed by atoms with van der Waals surface area (Å²) in [5.41, 5.74) is 2.83. The van der Waals surface area contributed by atoms with Crippen LogP contribution in [-0.2, 0) is 6.42 Å². The molecule has 0 amide bonds. The van der Waals surface area contributed by atoms with E-state index in [9.17, 15) is 0 Å². The molecule has 0 aliphatic carbocycles. The maximum Gasteiger partial charge on any atom is -0.0281 e. The molecule has 74 valence electrons. The average Bonchev–Trinajstić information content (AvgIpc) is 2.06. The Bertz CT molecular complexity index is 213. The molecule has 1 aromatic carbocycles. The molecular formula is C13H22. The van der Waals surface area contributed by atoms with Crippen molar-refractivity contribution in [1.82, 2.24) is 0 Å². The summed E-state index contributed by atoms with van der Waals surface area (Å²) in [6.45, 7) is 8.60. The Morgan fingerprint density at radius 3 is 2.15 bits per heavy atom. The van der Waals surface area contributed by atoms with Crippen molar-refractivity contribution in [3.8, 4) is 0 Å². The van der Waals surface area contributed by atoms with Gasteiger partial charge in [0.15, 0.2) is 0 Å². The van der Waals surface area contributed by atoms with Crippen LogP contribution in [-0.4, -0.2) is 0 Å². The quantitative estimate of drug-likeness (QED) is 0.631. The summed E-state index contributed by atoms with van der Waals surface area (Å²) in [6.07, 6.45) is 3.70. The lowest BCUT2D eigenvalue weighted by atomic mass is 10.1. The third-order valence-corrected chi connectivity index (χ3v) is 1.62. The van der Waals surface area contributed by atoms with Gasteiger partial charge in [0.1, 0.15) is 0 Å². The van der Waals surface area contributed by atoms with Gasteiger partial charge >= 0.3 is 0 Å². The molecule has 0 saturated carbocycles. The van der Waals surface area contributed by atoms with E-state index in [1.54, 1.807) is 0 Å². The van der Waals surface area contributed by atoms with Crippen molar-refractivity contribution in [3.05, 3.63) is 35.4 Å². The number of benzene rings is 1. The Kier molecular flexibility index (Phi) is 7.38. The molecule has 0 fully saturated rings. The Labute approximate surface area is 83.0 Å². The van der Waals surface area contributed by atoms with E-state index in [-0.39, 0.29) is 0 Å². The van der Waals surface area contributed by atoms with E-state index in [1.165, 1.54) is 30.4 Å². The van der Waals surface area contributed by atoms with Crippen LogP contribution < -0.4 is 0 Å². The minimum absolute atomic E-state index is 1.21. The molecule has 0 aromatic heterocycles. The van der Waals surface area contributed by atoms with Crippen molar-refractivity contribution < 1.29 is 0 Å². The zero-order valence-electron chi connectivity index (χ0n) is 9.43. The summed E-state index contributed by atoms with van der Waals surface area (Å²) in [7, 11) is 0. The summed E-state index contributed by atoms with van der Waals surface area (Å²) in [5, 5.41) is 0. The van der Waals surface area contributed by atoms with E-state index < -0.39 is 0 Å². The van der Waals surface area contributed by atoms with Crippen molar-refractivity contribution >= 4 is 0 Å². The highest BCUT2D eigenvalue weighted by Crippen LogP contribution is 2.05. The monoisotopic (exact) mass is 178 g/mol. The highest BCUT2D eigenvalue weighted by atomic mass is 13.9. The van der Waals surface area contributed by atoms with Crippen LogP contribution in [0.15, 0.2) is 24.3 Å². The van der Waals surface area contributed by atoms with Gasteiger partial charge in [0.2, 0.25) is 0 Å². The maximum atomic E-state index is 2.25. The molecule has 0 saturated heterocycles. The summed E-state index contributed by atoms with van der Waals surface area (Å²) >= 11 is 0. The first-order valence-electron chi connectivity index (χ1n) is 5.30. The molecule has 1 aromatic rings. The predicted molar refractivity (Wildman–Crippen MR) is 61.1 cm³/mol. The second kappa shape index (κ2) is 7.85. The lowest BCUT2D eigenvalue weighted by molar-refractivity contribution is 0.920. The smallest absolute Gasteiger partial charge is 0.0281 e. The third-order valence-electron chi connectivity index (χ3n) is 1.62. The van der Waals surface area contributed by atoms with Crippen LogP contribution in [0.5, 0.6) is 0 Å². The SMILES string of the molecule is CCC.CCCc1cccc(C)c1. The van der Waals surface area contributed by atoms with Crippen LogP contribution in [0.2, 0.25) is 0 Å². The lowest BCUT2D eigenvalue weighted by Gasteiger charge is -1.97. The van der Waals surface area contributed by atoms with E-state index in [0.717, 1.165) is 0 Å². The number of rotatable bonds is 2. The molecule has 0 aliphatic rings. The number of hydrogen-bond donors (Lipinski definition) is 0. The standard InChI is InChI=1S/C10H14.C3H8/c1-3-5-10-7-4-6-9(2)8-10;1-3-2/h4,6-8H,3,5H2,1-2H3;3H2,1-2H3. The molecule has 0 nitrogen and oxygen atoms in total. The van der Waals surface area contributed by atoms with Crippen molar-refractivity contribution in [2.45, 2.75) is 47.0 Å². The fraction of sp³-hybridized carbons (Fsp3) is 0.538. The van der Waals surface area contributed by atoms with Crippen LogP contribution in [0.1, 0.15) is 44.7 Å². The normalized spacial score (nSPS) is 8.92. The van der Waals surface area contributed by atoms with E-state index >= 15 is 0 Å². The van der Waals surface area contributed by atoms with Gasteiger partial charge in [-0.25, -0.2) is 0 Å². The zero-order valence-corrected chi connectivity index (χ0v) is 9.43. The average molecular weight is 178 g/mol. The first kappa shape index (κ1) is 12.2. The van der Waals surface area contributed by atoms with Gasteiger partial charge in [-0.05, 0) is 18.9 Å². The van der Waals surface area contributed by atoms with Crippen LogP contribution in [0.3, 0.4) is 0 Å². The zero-order chi connectivity index (χ0) is 10.1. The molecule has 0 unspecified atom stereocenters. The fourth-order valence-electron chi connectivity index (χ4n) is 1.16. The first-order chi connectivity index (χ1) is 6.24. The Balaban J connectivity index is 0.000000424. The molecule has 0 heterocycles. The highest BCUT2D eigenvalue weighted by molar-refractivity contribution is 5.21. The van der Waals surface area contributed by atoms with Crippen LogP contribution in [0.4, 0.5) is 0 Å². The summed E-state index contributed by atoms with van der Waals surface area (Å²) in [5.74, 6) is 0. The summed E-state index contributed by atoms with van der Waals surface area (Å²) < 4.78 is 0. The predicted octanol–water partition coefficient (Wildman–Crippen LogP) is 4.36. The molecule has 1 rings (SSSR count). The molecular weight excluding hydrogens is 156 g/mol. The second-order valence-electron chi connectivity index (χ2n) is 3.45. The van der Waals surface area contributed by atoms with Gasteiger partial charge in [-0.2, -0.15) is 0 Å². The fourth-order valence-corrected chi connectivity index (χ4v) is 1.16. The molecule has 13 heavy (non-hydrogen) atoms. The van der Waals surface area contributed by atoms with Crippen molar-refractivity contribution in [1.29, 1.82) is 0 Å². The molecule has 0 aliphatic heterocycles. The highest BCUT2D eigenvalue weighted by Gasteiger charge is 1.88. The van der Waals surface area contributed by atoms with E-state index in [1.807, 2.05) is 0 Å².